The first-order chi connectivity index (χ1) is 8.61. The van der Waals surface area contributed by atoms with E-state index in [0.29, 0.717) is 12.1 Å². The normalized spacial score (nSPS) is 19.6. The third-order valence-corrected chi connectivity index (χ3v) is 3.69. The Kier molecular flexibility index (Phi) is 4.01. The molecule has 5 heteroatoms. The van der Waals surface area contributed by atoms with Crippen molar-refractivity contribution in [2.24, 2.45) is 0 Å². The Morgan fingerprint density at radius 1 is 1.44 bits per heavy atom. The molecule has 1 aromatic heterocycles. The zero-order valence-electron chi connectivity index (χ0n) is 11.7. The topological polar surface area (TPSA) is 44.3 Å². The largest absolute Gasteiger partial charge is 0.357 e. The van der Waals surface area contributed by atoms with Crippen molar-refractivity contribution in [3.63, 3.8) is 0 Å². The number of nitrogens with one attached hydrogen (secondary N) is 1. The molecule has 0 bridgehead atoms. The Bertz CT molecular complexity index is 393. The zero-order chi connectivity index (χ0) is 13.1. The molecule has 5 nitrogen and oxygen atoms in total. The molecule has 0 spiro atoms. The van der Waals surface area contributed by atoms with Crippen molar-refractivity contribution in [1.82, 2.24) is 15.3 Å². The van der Waals surface area contributed by atoms with Gasteiger partial charge in [0.15, 0.2) is 0 Å². The van der Waals surface area contributed by atoms with E-state index in [9.17, 15) is 0 Å². The van der Waals surface area contributed by atoms with Crippen LogP contribution in [-0.4, -0.2) is 49.2 Å². The number of likely N-dealkylation sites (N-methyl/N-ethyl adjacent to an activating group) is 1. The highest BCUT2D eigenvalue weighted by atomic mass is 15.3. The lowest BCUT2D eigenvalue weighted by atomic mass is 10.3. The second-order valence-electron chi connectivity index (χ2n) is 5.16. The number of rotatable bonds is 4. The number of hydrogen-bond donors (Lipinski definition) is 1. The zero-order valence-corrected chi connectivity index (χ0v) is 11.7. The van der Waals surface area contributed by atoms with Crippen molar-refractivity contribution in [3.05, 3.63) is 12.4 Å². The first-order valence-corrected chi connectivity index (χ1v) is 6.59. The highest BCUT2D eigenvalue weighted by Gasteiger charge is 2.22. The van der Waals surface area contributed by atoms with Crippen molar-refractivity contribution >= 4 is 11.6 Å². The van der Waals surface area contributed by atoms with Gasteiger partial charge in [-0.1, -0.05) is 0 Å². The monoisotopic (exact) mass is 249 g/mol. The molecule has 1 saturated heterocycles. The highest BCUT2D eigenvalue weighted by molar-refractivity contribution is 5.50. The number of hydrogen-bond acceptors (Lipinski definition) is 5. The van der Waals surface area contributed by atoms with Gasteiger partial charge >= 0.3 is 0 Å². The summed E-state index contributed by atoms with van der Waals surface area (Å²) in [5.41, 5.74) is 0. The molecule has 1 atom stereocenters. The van der Waals surface area contributed by atoms with Gasteiger partial charge in [-0.05, 0) is 27.3 Å². The Morgan fingerprint density at radius 3 is 2.83 bits per heavy atom. The molecule has 18 heavy (non-hydrogen) atoms. The standard InChI is InChI=1S/C13H23N5/c1-10(2)17(4)12-7-13(16-9-15-12)18-6-5-11(8-18)14-3/h7,9-11,14H,5-6,8H2,1-4H3. The van der Waals surface area contributed by atoms with Gasteiger partial charge in [0.1, 0.15) is 18.0 Å². The summed E-state index contributed by atoms with van der Waals surface area (Å²) in [7, 11) is 4.09. The van der Waals surface area contributed by atoms with Crippen molar-refractivity contribution < 1.29 is 0 Å². The summed E-state index contributed by atoms with van der Waals surface area (Å²) in [6.07, 6.45) is 2.84. The second kappa shape index (κ2) is 5.52. The van der Waals surface area contributed by atoms with Gasteiger partial charge in [0.25, 0.3) is 0 Å². The minimum Gasteiger partial charge on any atom is -0.357 e. The Balaban J connectivity index is 2.13. The summed E-state index contributed by atoms with van der Waals surface area (Å²) in [4.78, 5) is 13.2. The van der Waals surface area contributed by atoms with Gasteiger partial charge in [-0.2, -0.15) is 0 Å². The minimum absolute atomic E-state index is 0.441. The van der Waals surface area contributed by atoms with E-state index in [1.807, 2.05) is 7.05 Å². The van der Waals surface area contributed by atoms with E-state index in [0.717, 1.165) is 24.7 Å². The lowest BCUT2D eigenvalue weighted by Crippen LogP contribution is -2.30. The van der Waals surface area contributed by atoms with Gasteiger partial charge in [-0.15, -0.1) is 0 Å². The Labute approximate surface area is 109 Å². The summed E-state index contributed by atoms with van der Waals surface area (Å²) in [6.45, 7) is 6.41. The molecule has 2 heterocycles. The quantitative estimate of drug-likeness (QED) is 0.866. The first-order valence-electron chi connectivity index (χ1n) is 6.59. The number of nitrogens with zero attached hydrogens (tertiary/aromatic N) is 4. The fraction of sp³-hybridized carbons (Fsp3) is 0.692. The van der Waals surface area contributed by atoms with Gasteiger partial charge in [0.2, 0.25) is 0 Å². The molecule has 1 aromatic rings. The molecule has 0 aliphatic carbocycles. The highest BCUT2D eigenvalue weighted by Crippen LogP contribution is 2.21. The van der Waals surface area contributed by atoms with Crippen LogP contribution in [0.5, 0.6) is 0 Å². The summed E-state index contributed by atoms with van der Waals surface area (Å²) >= 11 is 0. The summed E-state index contributed by atoms with van der Waals surface area (Å²) in [6, 6.07) is 3.10. The van der Waals surface area contributed by atoms with Crippen molar-refractivity contribution in [3.8, 4) is 0 Å². The molecule has 1 fully saturated rings. The fourth-order valence-corrected chi connectivity index (χ4v) is 2.17. The molecule has 1 N–H and O–H groups in total. The van der Waals surface area contributed by atoms with E-state index in [4.69, 9.17) is 0 Å². The molecule has 1 unspecified atom stereocenters. The van der Waals surface area contributed by atoms with Crippen LogP contribution in [0.1, 0.15) is 20.3 Å². The van der Waals surface area contributed by atoms with Crippen molar-refractivity contribution in [2.75, 3.05) is 37.0 Å². The molecule has 0 saturated carbocycles. The Hall–Kier alpha value is -1.36. The molecule has 0 amide bonds. The smallest absolute Gasteiger partial charge is 0.134 e. The van der Waals surface area contributed by atoms with Crippen LogP contribution in [0.2, 0.25) is 0 Å². The van der Waals surface area contributed by atoms with E-state index in [-0.39, 0.29) is 0 Å². The average molecular weight is 249 g/mol. The molecule has 100 valence electrons. The van der Waals surface area contributed by atoms with E-state index in [1.54, 1.807) is 6.33 Å². The maximum atomic E-state index is 4.39. The van der Waals surface area contributed by atoms with E-state index in [2.05, 4.69) is 52.0 Å². The lowest BCUT2D eigenvalue weighted by molar-refractivity contribution is 0.616. The molecule has 2 rings (SSSR count). The first kappa shape index (κ1) is 13.1. The SMILES string of the molecule is CNC1CCN(c2cc(N(C)C(C)C)ncn2)C1. The van der Waals surface area contributed by atoms with Crippen molar-refractivity contribution in [1.29, 1.82) is 0 Å². The van der Waals surface area contributed by atoms with E-state index < -0.39 is 0 Å². The van der Waals surface area contributed by atoms with Crippen LogP contribution < -0.4 is 15.1 Å². The molecule has 0 radical (unpaired) electrons. The van der Waals surface area contributed by atoms with Gasteiger partial charge in [0.05, 0.1) is 0 Å². The van der Waals surface area contributed by atoms with Crippen LogP contribution >= 0.6 is 0 Å². The molecule has 1 aliphatic rings. The summed E-state index contributed by atoms with van der Waals surface area (Å²) < 4.78 is 0. The Morgan fingerprint density at radius 2 is 2.22 bits per heavy atom. The van der Waals surface area contributed by atoms with Crippen molar-refractivity contribution in [2.45, 2.75) is 32.4 Å². The van der Waals surface area contributed by atoms with Crippen LogP contribution in [0.3, 0.4) is 0 Å². The maximum Gasteiger partial charge on any atom is 0.134 e. The third-order valence-electron chi connectivity index (χ3n) is 3.69. The fourth-order valence-electron chi connectivity index (χ4n) is 2.17. The molecule has 1 aliphatic heterocycles. The lowest BCUT2D eigenvalue weighted by Gasteiger charge is -2.24. The predicted octanol–water partition coefficient (Wildman–Crippen LogP) is 1.12. The second-order valence-corrected chi connectivity index (χ2v) is 5.16. The summed E-state index contributed by atoms with van der Waals surface area (Å²) in [5.74, 6) is 2.02. The average Bonchev–Trinajstić information content (AvgIpc) is 2.86. The van der Waals surface area contributed by atoms with Gasteiger partial charge in [0, 0.05) is 38.3 Å². The van der Waals surface area contributed by atoms with Crippen LogP contribution in [0.4, 0.5) is 11.6 Å². The molecular formula is C13H23N5. The maximum absolute atomic E-state index is 4.39. The van der Waals surface area contributed by atoms with E-state index >= 15 is 0 Å². The van der Waals surface area contributed by atoms with Gasteiger partial charge in [-0.3, -0.25) is 0 Å². The molecular weight excluding hydrogens is 226 g/mol. The van der Waals surface area contributed by atoms with Crippen LogP contribution in [0.25, 0.3) is 0 Å². The number of anilines is 2. The van der Waals surface area contributed by atoms with Gasteiger partial charge < -0.3 is 15.1 Å². The van der Waals surface area contributed by atoms with Crippen LogP contribution in [0.15, 0.2) is 12.4 Å². The molecule has 0 aromatic carbocycles. The summed E-state index contributed by atoms with van der Waals surface area (Å²) in [5, 5.41) is 3.32. The third kappa shape index (κ3) is 2.72. The predicted molar refractivity (Wildman–Crippen MR) is 75.2 cm³/mol. The van der Waals surface area contributed by atoms with Crippen LogP contribution in [-0.2, 0) is 0 Å². The van der Waals surface area contributed by atoms with Gasteiger partial charge in [-0.25, -0.2) is 9.97 Å². The van der Waals surface area contributed by atoms with E-state index in [1.165, 1.54) is 6.42 Å². The van der Waals surface area contributed by atoms with Crippen LogP contribution in [0, 0.1) is 0 Å². The number of aromatic nitrogens is 2. The minimum atomic E-state index is 0.441.